The molecule has 18 heavy (non-hydrogen) atoms. The zero-order valence-corrected chi connectivity index (χ0v) is 10.4. The maximum Gasteiger partial charge on any atom is 0.123 e. The fraction of sp³-hybridized carbons (Fsp3) is 0.375. The Morgan fingerprint density at radius 3 is 2.22 bits per heavy atom. The Kier molecular flexibility index (Phi) is 4.30. The van der Waals surface area contributed by atoms with Crippen LogP contribution in [0, 0.1) is 23.2 Å². The molecule has 0 aliphatic heterocycles. The number of nitrogens with zero attached hydrogens (tertiary/aromatic N) is 1. The molecule has 1 aromatic carbocycles. The lowest BCUT2D eigenvalue weighted by Gasteiger charge is -2.22. The molecule has 1 aromatic rings. The van der Waals surface area contributed by atoms with Gasteiger partial charge in [0.15, 0.2) is 0 Å². The first kappa shape index (κ1) is 12.6. The normalized spacial score (nSPS) is 23.7. The number of carbonyl (C=O) groups is 1. The van der Waals surface area contributed by atoms with Gasteiger partial charge in [-0.05, 0) is 49.3 Å². The Bertz CT molecular complexity index is 459. The maximum absolute atomic E-state index is 10.7. The van der Waals surface area contributed by atoms with Crippen LogP contribution in [0.3, 0.4) is 0 Å². The van der Waals surface area contributed by atoms with Crippen LogP contribution in [0.2, 0.25) is 0 Å². The Labute approximate surface area is 108 Å². The van der Waals surface area contributed by atoms with E-state index < -0.39 is 0 Å². The van der Waals surface area contributed by atoms with Crippen molar-refractivity contribution in [3.05, 3.63) is 41.5 Å². The summed E-state index contributed by atoms with van der Waals surface area (Å²) in [6, 6.07) is 9.72. The van der Waals surface area contributed by atoms with Crippen molar-refractivity contribution < 1.29 is 4.79 Å². The number of nitriles is 1. The molecule has 1 aliphatic rings. The molecule has 92 valence electrons. The third kappa shape index (κ3) is 3.30. The van der Waals surface area contributed by atoms with Crippen LogP contribution in [0.1, 0.15) is 36.8 Å². The number of carbonyl (C=O) groups excluding carboxylic acids is 1. The molecule has 0 aromatic heterocycles. The van der Waals surface area contributed by atoms with E-state index >= 15 is 0 Å². The van der Waals surface area contributed by atoms with Crippen LogP contribution in [0.25, 0.3) is 6.08 Å². The Morgan fingerprint density at radius 2 is 1.67 bits per heavy atom. The van der Waals surface area contributed by atoms with Crippen LogP contribution in [0.4, 0.5) is 0 Å². The van der Waals surface area contributed by atoms with Gasteiger partial charge in [-0.1, -0.05) is 24.3 Å². The fourth-order valence-electron chi connectivity index (χ4n) is 2.39. The van der Waals surface area contributed by atoms with E-state index in [4.69, 9.17) is 5.26 Å². The highest BCUT2D eigenvalue weighted by Crippen LogP contribution is 2.28. The van der Waals surface area contributed by atoms with Crippen LogP contribution in [-0.2, 0) is 4.79 Å². The largest absolute Gasteiger partial charge is 0.303 e. The van der Waals surface area contributed by atoms with Crippen molar-refractivity contribution in [2.24, 2.45) is 11.8 Å². The molecule has 0 atom stereocenters. The molecule has 0 unspecified atom stereocenters. The summed E-state index contributed by atoms with van der Waals surface area (Å²) in [5.41, 5.74) is 1.82. The van der Waals surface area contributed by atoms with E-state index in [0.29, 0.717) is 11.5 Å². The van der Waals surface area contributed by atoms with Crippen LogP contribution in [0.15, 0.2) is 30.3 Å². The van der Waals surface area contributed by atoms with Crippen molar-refractivity contribution in [1.29, 1.82) is 5.26 Å². The molecular formula is C16H17NO. The minimum Gasteiger partial charge on any atom is -0.303 e. The molecule has 1 fully saturated rings. The SMILES string of the molecule is N#Cc1ccc(C=CC2CCC(C=O)CC2)cc1. The monoisotopic (exact) mass is 239 g/mol. The number of rotatable bonds is 3. The summed E-state index contributed by atoms with van der Waals surface area (Å²) >= 11 is 0. The second-order valence-electron chi connectivity index (χ2n) is 4.90. The summed E-state index contributed by atoms with van der Waals surface area (Å²) in [4.78, 5) is 10.7. The Hall–Kier alpha value is -1.88. The van der Waals surface area contributed by atoms with Crippen molar-refractivity contribution in [2.45, 2.75) is 25.7 Å². The molecular weight excluding hydrogens is 222 g/mol. The lowest BCUT2D eigenvalue weighted by atomic mass is 9.82. The van der Waals surface area contributed by atoms with Crippen LogP contribution < -0.4 is 0 Å². The molecule has 0 spiro atoms. The highest BCUT2D eigenvalue weighted by molar-refractivity contribution is 5.54. The summed E-state index contributed by atoms with van der Waals surface area (Å²) < 4.78 is 0. The van der Waals surface area contributed by atoms with Gasteiger partial charge in [-0.3, -0.25) is 0 Å². The molecule has 0 heterocycles. The highest BCUT2D eigenvalue weighted by atomic mass is 16.1. The maximum atomic E-state index is 10.7. The first-order valence-corrected chi connectivity index (χ1v) is 6.45. The average Bonchev–Trinajstić information content (AvgIpc) is 2.46. The molecule has 1 saturated carbocycles. The molecule has 0 N–H and O–H groups in total. The first-order valence-electron chi connectivity index (χ1n) is 6.45. The van der Waals surface area contributed by atoms with Gasteiger partial charge in [0.2, 0.25) is 0 Å². The van der Waals surface area contributed by atoms with E-state index in [9.17, 15) is 4.79 Å². The van der Waals surface area contributed by atoms with Crippen LogP contribution in [-0.4, -0.2) is 6.29 Å². The number of aldehydes is 1. The molecule has 2 nitrogen and oxygen atoms in total. The summed E-state index contributed by atoms with van der Waals surface area (Å²) in [5.74, 6) is 0.876. The van der Waals surface area contributed by atoms with Gasteiger partial charge in [0, 0.05) is 5.92 Å². The zero-order chi connectivity index (χ0) is 12.8. The van der Waals surface area contributed by atoms with Crippen LogP contribution >= 0.6 is 0 Å². The summed E-state index contributed by atoms with van der Waals surface area (Å²) in [6.07, 6.45) is 9.71. The fourth-order valence-corrected chi connectivity index (χ4v) is 2.39. The van der Waals surface area contributed by atoms with Crippen molar-refractivity contribution in [3.8, 4) is 6.07 Å². The highest BCUT2D eigenvalue weighted by Gasteiger charge is 2.18. The minimum absolute atomic E-state index is 0.282. The number of allylic oxidation sites excluding steroid dienone is 1. The summed E-state index contributed by atoms with van der Waals surface area (Å²) in [6.45, 7) is 0. The molecule has 0 radical (unpaired) electrons. The van der Waals surface area contributed by atoms with E-state index in [1.807, 2.05) is 24.3 Å². The van der Waals surface area contributed by atoms with Gasteiger partial charge in [0.25, 0.3) is 0 Å². The number of benzene rings is 1. The smallest absolute Gasteiger partial charge is 0.123 e. The third-order valence-electron chi connectivity index (χ3n) is 3.61. The Balaban J connectivity index is 1.91. The first-order chi connectivity index (χ1) is 8.81. The summed E-state index contributed by atoms with van der Waals surface area (Å²) in [5, 5.41) is 8.71. The lowest BCUT2D eigenvalue weighted by molar-refractivity contribution is -0.112. The third-order valence-corrected chi connectivity index (χ3v) is 3.61. The topological polar surface area (TPSA) is 40.9 Å². The second kappa shape index (κ2) is 6.16. The molecule has 0 amide bonds. The predicted molar refractivity (Wildman–Crippen MR) is 71.7 cm³/mol. The predicted octanol–water partition coefficient (Wildman–Crippen LogP) is 3.58. The Morgan fingerprint density at radius 1 is 1.06 bits per heavy atom. The van der Waals surface area contributed by atoms with E-state index in [2.05, 4.69) is 18.2 Å². The van der Waals surface area contributed by atoms with Gasteiger partial charge in [-0.15, -0.1) is 0 Å². The molecule has 0 bridgehead atoms. The summed E-state index contributed by atoms with van der Waals surface area (Å²) in [7, 11) is 0. The quantitative estimate of drug-likeness (QED) is 0.756. The van der Waals surface area contributed by atoms with Gasteiger partial charge in [0.05, 0.1) is 11.6 Å². The van der Waals surface area contributed by atoms with E-state index in [-0.39, 0.29) is 5.92 Å². The van der Waals surface area contributed by atoms with Crippen molar-refractivity contribution >= 4 is 12.4 Å². The zero-order valence-electron chi connectivity index (χ0n) is 10.4. The molecule has 2 heteroatoms. The molecule has 1 aliphatic carbocycles. The minimum atomic E-state index is 0.282. The van der Waals surface area contributed by atoms with Gasteiger partial charge in [-0.25, -0.2) is 0 Å². The molecule has 2 rings (SSSR count). The van der Waals surface area contributed by atoms with Crippen LogP contribution in [0.5, 0.6) is 0 Å². The van der Waals surface area contributed by atoms with Gasteiger partial charge in [-0.2, -0.15) is 5.26 Å². The van der Waals surface area contributed by atoms with Crippen molar-refractivity contribution in [2.75, 3.05) is 0 Å². The number of hydrogen-bond donors (Lipinski definition) is 0. The van der Waals surface area contributed by atoms with Gasteiger partial charge >= 0.3 is 0 Å². The van der Waals surface area contributed by atoms with E-state index in [0.717, 1.165) is 37.5 Å². The number of hydrogen-bond acceptors (Lipinski definition) is 2. The lowest BCUT2D eigenvalue weighted by Crippen LogP contribution is -2.13. The van der Waals surface area contributed by atoms with Gasteiger partial charge < -0.3 is 4.79 Å². The molecule has 0 saturated heterocycles. The van der Waals surface area contributed by atoms with Crippen molar-refractivity contribution in [1.82, 2.24) is 0 Å². The average molecular weight is 239 g/mol. The second-order valence-corrected chi connectivity index (χ2v) is 4.90. The van der Waals surface area contributed by atoms with Crippen molar-refractivity contribution in [3.63, 3.8) is 0 Å². The van der Waals surface area contributed by atoms with E-state index in [1.165, 1.54) is 0 Å². The van der Waals surface area contributed by atoms with E-state index in [1.54, 1.807) is 0 Å². The van der Waals surface area contributed by atoms with Gasteiger partial charge in [0.1, 0.15) is 6.29 Å². The standard InChI is InChI=1S/C16H17NO/c17-11-15-7-3-13(4-8-15)1-2-14-5-9-16(12-18)10-6-14/h1-4,7-8,12,14,16H,5-6,9-10H2.